The van der Waals surface area contributed by atoms with Crippen molar-refractivity contribution in [3.05, 3.63) is 73.5 Å². The molecule has 8 heteroatoms. The van der Waals surface area contributed by atoms with E-state index in [1.54, 1.807) is 0 Å². The molecule has 2 aromatic rings. The van der Waals surface area contributed by atoms with Gasteiger partial charge in [-0.15, -0.1) is 0 Å². The summed E-state index contributed by atoms with van der Waals surface area (Å²) in [6.45, 7) is -0.297. The Morgan fingerprint density at radius 1 is 1.17 bits per heavy atom. The van der Waals surface area contributed by atoms with Crippen LogP contribution in [0.25, 0.3) is 0 Å². The lowest BCUT2D eigenvalue weighted by molar-refractivity contribution is -0.385. The second kappa shape index (κ2) is 5.54. The predicted octanol–water partition coefficient (Wildman–Crippen LogP) is 3.29. The monoisotopic (exact) mass is 378 g/mol. The van der Waals surface area contributed by atoms with Crippen LogP contribution < -0.4 is 0 Å². The maximum Gasteiger partial charge on any atom is 0.282 e. The van der Waals surface area contributed by atoms with Crippen molar-refractivity contribution in [2.24, 2.45) is 0 Å². The van der Waals surface area contributed by atoms with E-state index in [4.69, 9.17) is 0 Å². The summed E-state index contributed by atoms with van der Waals surface area (Å²) in [6.07, 6.45) is 0. The standard InChI is InChI=1S/C15H8BrFN2O4/c16-9-4-5-11(17)8(6-9)7-18-14(20)10-2-1-3-12(19(22)23)13(10)15(18)21/h1-6H,7H2. The molecule has 0 N–H and O–H groups in total. The van der Waals surface area contributed by atoms with E-state index in [0.29, 0.717) is 4.47 Å². The van der Waals surface area contributed by atoms with E-state index in [9.17, 15) is 24.1 Å². The predicted molar refractivity (Wildman–Crippen MR) is 81.4 cm³/mol. The maximum atomic E-state index is 13.8. The van der Waals surface area contributed by atoms with E-state index in [-0.39, 0.29) is 23.2 Å². The molecule has 1 heterocycles. The fourth-order valence-electron chi connectivity index (χ4n) is 2.45. The number of nitro benzene ring substituents is 1. The number of hydrogen-bond acceptors (Lipinski definition) is 4. The van der Waals surface area contributed by atoms with Gasteiger partial charge in [0.1, 0.15) is 11.4 Å². The first kappa shape index (κ1) is 15.3. The maximum absolute atomic E-state index is 13.8. The van der Waals surface area contributed by atoms with Crippen molar-refractivity contribution in [1.29, 1.82) is 0 Å². The highest BCUT2D eigenvalue weighted by Crippen LogP contribution is 2.32. The number of halogens is 2. The Hall–Kier alpha value is -2.61. The van der Waals surface area contributed by atoms with Crippen LogP contribution in [0.15, 0.2) is 40.9 Å². The molecule has 0 unspecified atom stereocenters. The Morgan fingerprint density at radius 3 is 2.61 bits per heavy atom. The quantitative estimate of drug-likeness (QED) is 0.466. The number of amides is 2. The van der Waals surface area contributed by atoms with Gasteiger partial charge in [0.05, 0.1) is 17.0 Å². The average molecular weight is 379 g/mol. The van der Waals surface area contributed by atoms with Crippen LogP contribution in [0.4, 0.5) is 10.1 Å². The van der Waals surface area contributed by atoms with E-state index >= 15 is 0 Å². The summed E-state index contributed by atoms with van der Waals surface area (Å²) in [4.78, 5) is 35.9. The van der Waals surface area contributed by atoms with Gasteiger partial charge in [-0.05, 0) is 24.3 Å². The van der Waals surface area contributed by atoms with E-state index in [1.165, 1.54) is 30.3 Å². The summed E-state index contributed by atoms with van der Waals surface area (Å²) in [6, 6.07) is 8.00. The van der Waals surface area contributed by atoms with Crippen LogP contribution in [0, 0.1) is 15.9 Å². The minimum Gasteiger partial charge on any atom is -0.270 e. The normalized spacial score (nSPS) is 13.4. The first-order valence-corrected chi connectivity index (χ1v) is 7.27. The third kappa shape index (κ3) is 2.50. The van der Waals surface area contributed by atoms with Crippen molar-refractivity contribution in [3.63, 3.8) is 0 Å². The van der Waals surface area contributed by atoms with Crippen molar-refractivity contribution < 1.29 is 18.9 Å². The summed E-state index contributed by atoms with van der Waals surface area (Å²) >= 11 is 3.19. The minimum atomic E-state index is -0.795. The van der Waals surface area contributed by atoms with Crippen molar-refractivity contribution >= 4 is 33.4 Å². The molecule has 0 radical (unpaired) electrons. The largest absolute Gasteiger partial charge is 0.282 e. The molecular formula is C15H8BrFN2O4. The number of carbonyl (C=O) groups excluding carboxylic acids is 2. The SMILES string of the molecule is O=C1c2cccc([N+](=O)[O-])c2C(=O)N1Cc1cc(Br)ccc1F. The summed E-state index contributed by atoms with van der Waals surface area (Å²) in [5.41, 5.74) is -0.591. The number of carbonyl (C=O) groups is 2. The number of nitrogens with zero attached hydrogens (tertiary/aromatic N) is 2. The van der Waals surface area contributed by atoms with E-state index < -0.39 is 28.2 Å². The molecule has 0 aromatic heterocycles. The van der Waals surface area contributed by atoms with Gasteiger partial charge in [0.15, 0.2) is 0 Å². The van der Waals surface area contributed by atoms with Crippen LogP contribution in [0.5, 0.6) is 0 Å². The number of fused-ring (bicyclic) bond motifs is 1. The van der Waals surface area contributed by atoms with Gasteiger partial charge in [-0.1, -0.05) is 22.0 Å². The highest BCUT2D eigenvalue weighted by atomic mass is 79.9. The Bertz CT molecular complexity index is 869. The van der Waals surface area contributed by atoms with E-state index in [0.717, 1.165) is 11.0 Å². The van der Waals surface area contributed by atoms with Crippen molar-refractivity contribution in [3.8, 4) is 0 Å². The van der Waals surface area contributed by atoms with E-state index in [1.807, 2.05) is 0 Å². The lowest BCUT2D eigenvalue weighted by Crippen LogP contribution is -2.29. The molecular weight excluding hydrogens is 371 g/mol. The topological polar surface area (TPSA) is 80.5 Å². The van der Waals surface area contributed by atoms with Gasteiger partial charge in [-0.2, -0.15) is 0 Å². The first-order valence-electron chi connectivity index (χ1n) is 6.47. The highest BCUT2D eigenvalue weighted by Gasteiger charge is 2.41. The van der Waals surface area contributed by atoms with Crippen molar-refractivity contribution in [2.45, 2.75) is 6.54 Å². The van der Waals surface area contributed by atoms with Crippen molar-refractivity contribution in [1.82, 2.24) is 4.90 Å². The van der Waals surface area contributed by atoms with Gasteiger partial charge < -0.3 is 0 Å². The Morgan fingerprint density at radius 2 is 1.91 bits per heavy atom. The highest BCUT2D eigenvalue weighted by molar-refractivity contribution is 9.10. The summed E-state index contributed by atoms with van der Waals surface area (Å²) in [7, 11) is 0. The molecule has 3 rings (SSSR count). The number of rotatable bonds is 3. The summed E-state index contributed by atoms with van der Waals surface area (Å²) < 4.78 is 14.4. The molecule has 0 saturated carbocycles. The first-order chi connectivity index (χ1) is 10.9. The van der Waals surface area contributed by atoms with Gasteiger partial charge in [0.2, 0.25) is 0 Å². The van der Waals surface area contributed by atoms with Crippen LogP contribution >= 0.6 is 15.9 Å². The zero-order chi connectivity index (χ0) is 16.7. The Labute approximate surface area is 137 Å². The zero-order valence-corrected chi connectivity index (χ0v) is 13.0. The molecule has 0 spiro atoms. The molecule has 0 aliphatic carbocycles. The van der Waals surface area contributed by atoms with Crippen LogP contribution in [-0.2, 0) is 6.54 Å². The summed E-state index contributed by atoms with van der Waals surface area (Å²) in [5, 5.41) is 11.0. The summed E-state index contributed by atoms with van der Waals surface area (Å²) in [5.74, 6) is -2.04. The van der Waals surface area contributed by atoms with Crippen molar-refractivity contribution in [2.75, 3.05) is 0 Å². The zero-order valence-electron chi connectivity index (χ0n) is 11.5. The second-order valence-electron chi connectivity index (χ2n) is 4.89. The Kier molecular flexibility index (Phi) is 3.69. The molecule has 2 amide bonds. The molecule has 0 bridgehead atoms. The van der Waals surface area contributed by atoms with Gasteiger partial charge in [-0.25, -0.2) is 4.39 Å². The van der Waals surface area contributed by atoms with Gasteiger partial charge in [0.25, 0.3) is 17.5 Å². The number of benzene rings is 2. The molecule has 23 heavy (non-hydrogen) atoms. The van der Waals surface area contributed by atoms with E-state index in [2.05, 4.69) is 15.9 Å². The fourth-order valence-corrected chi connectivity index (χ4v) is 2.85. The number of hydrogen-bond donors (Lipinski definition) is 0. The third-order valence-electron chi connectivity index (χ3n) is 3.51. The molecule has 1 aliphatic heterocycles. The molecule has 0 saturated heterocycles. The smallest absolute Gasteiger partial charge is 0.270 e. The van der Waals surface area contributed by atoms with Gasteiger partial charge in [-0.3, -0.25) is 24.6 Å². The Balaban J connectivity index is 2.02. The molecule has 2 aromatic carbocycles. The van der Waals surface area contributed by atoms with Gasteiger partial charge >= 0.3 is 0 Å². The number of nitro groups is 1. The molecule has 1 aliphatic rings. The molecule has 0 atom stereocenters. The lowest BCUT2D eigenvalue weighted by Gasteiger charge is -2.14. The minimum absolute atomic E-state index is 0.0420. The molecule has 0 fully saturated rings. The van der Waals surface area contributed by atoms with Gasteiger partial charge in [0, 0.05) is 16.1 Å². The molecule has 116 valence electrons. The molecule has 6 nitrogen and oxygen atoms in total. The average Bonchev–Trinajstić information content (AvgIpc) is 2.76. The fraction of sp³-hybridized carbons (Fsp3) is 0.0667. The second-order valence-corrected chi connectivity index (χ2v) is 5.80. The lowest BCUT2D eigenvalue weighted by atomic mass is 10.1. The van der Waals surface area contributed by atoms with Crippen LogP contribution in [0.1, 0.15) is 26.3 Å². The van der Waals surface area contributed by atoms with Crippen LogP contribution in [0.3, 0.4) is 0 Å². The number of imide groups is 1. The van der Waals surface area contributed by atoms with Crippen LogP contribution in [0.2, 0.25) is 0 Å². The third-order valence-corrected chi connectivity index (χ3v) is 4.00. The van der Waals surface area contributed by atoms with Crippen LogP contribution in [-0.4, -0.2) is 21.6 Å².